The molecule has 1 unspecified atom stereocenters. The fourth-order valence-corrected chi connectivity index (χ4v) is 2.52. The van der Waals surface area contributed by atoms with Crippen molar-refractivity contribution in [1.82, 2.24) is 14.7 Å². The first kappa shape index (κ1) is 12.9. The summed E-state index contributed by atoms with van der Waals surface area (Å²) in [5.74, 6) is 0.311. The van der Waals surface area contributed by atoms with E-state index in [0.717, 1.165) is 38.0 Å². The zero-order chi connectivity index (χ0) is 13.1. The largest absolute Gasteiger partial charge is 0.409 e. The molecule has 0 spiro atoms. The molecule has 0 aromatic carbocycles. The van der Waals surface area contributed by atoms with E-state index in [-0.39, 0.29) is 6.04 Å². The van der Waals surface area contributed by atoms with Gasteiger partial charge in [0.25, 0.3) is 0 Å². The number of hydrogen-bond acceptors (Lipinski definition) is 4. The Balaban J connectivity index is 2.10. The lowest BCUT2D eigenvalue weighted by atomic mass is 10.2. The van der Waals surface area contributed by atoms with Crippen LogP contribution in [0.2, 0.25) is 0 Å². The number of nitrogens with two attached hydrogens (primary N) is 1. The Morgan fingerprint density at radius 3 is 3.06 bits per heavy atom. The molecule has 0 saturated carbocycles. The number of rotatable bonds is 4. The Labute approximate surface area is 107 Å². The zero-order valence-electron chi connectivity index (χ0n) is 11.0. The van der Waals surface area contributed by atoms with E-state index in [1.54, 1.807) is 0 Å². The molecule has 1 aliphatic heterocycles. The maximum Gasteiger partial charge on any atom is 0.156 e. The van der Waals surface area contributed by atoms with Gasteiger partial charge in [-0.15, -0.1) is 0 Å². The highest BCUT2D eigenvalue weighted by molar-refractivity contribution is 5.85. The van der Waals surface area contributed by atoms with Crippen LogP contribution in [0, 0.1) is 0 Å². The summed E-state index contributed by atoms with van der Waals surface area (Å²) in [5, 5.41) is 16.4. The molecule has 0 radical (unpaired) electrons. The van der Waals surface area contributed by atoms with Gasteiger partial charge in [0.2, 0.25) is 0 Å². The predicted molar refractivity (Wildman–Crippen MR) is 69.4 cm³/mol. The number of likely N-dealkylation sites (tertiary alicyclic amines) is 1. The first-order valence-corrected chi connectivity index (χ1v) is 6.39. The van der Waals surface area contributed by atoms with Crippen LogP contribution in [0.3, 0.4) is 0 Å². The summed E-state index contributed by atoms with van der Waals surface area (Å²) in [7, 11) is 1.96. The molecule has 0 amide bonds. The van der Waals surface area contributed by atoms with Gasteiger partial charge in [0.1, 0.15) is 0 Å². The van der Waals surface area contributed by atoms with Crippen LogP contribution in [0.1, 0.15) is 31.2 Å². The molecule has 2 rings (SSSR count). The second kappa shape index (κ2) is 5.39. The van der Waals surface area contributed by atoms with Crippen LogP contribution >= 0.6 is 0 Å². The lowest BCUT2D eigenvalue weighted by molar-refractivity contribution is 0.269. The maximum absolute atomic E-state index is 8.79. The zero-order valence-corrected chi connectivity index (χ0v) is 11.0. The normalized spacial score (nSPS) is 21.7. The van der Waals surface area contributed by atoms with E-state index in [9.17, 15) is 0 Å². The molecule has 100 valence electrons. The Bertz CT molecular complexity index is 440. The van der Waals surface area contributed by atoms with Gasteiger partial charge in [-0.2, -0.15) is 5.10 Å². The van der Waals surface area contributed by atoms with E-state index in [2.05, 4.69) is 28.1 Å². The number of aromatic nitrogens is 2. The van der Waals surface area contributed by atoms with Crippen molar-refractivity contribution in [2.75, 3.05) is 6.54 Å². The lowest BCUT2D eigenvalue weighted by Gasteiger charge is -2.22. The molecule has 3 N–H and O–H groups in total. The van der Waals surface area contributed by atoms with Crippen LogP contribution in [0.5, 0.6) is 0 Å². The molecular weight excluding hydrogens is 230 g/mol. The van der Waals surface area contributed by atoms with Crippen LogP contribution in [-0.4, -0.2) is 38.3 Å². The fourth-order valence-electron chi connectivity index (χ4n) is 2.52. The minimum Gasteiger partial charge on any atom is -0.409 e. The van der Waals surface area contributed by atoms with Crippen molar-refractivity contribution in [2.24, 2.45) is 17.9 Å². The molecule has 1 fully saturated rings. The highest BCUT2D eigenvalue weighted by Gasteiger charge is 2.28. The first-order valence-electron chi connectivity index (χ1n) is 6.39. The molecule has 1 saturated heterocycles. The molecule has 0 aliphatic carbocycles. The van der Waals surface area contributed by atoms with Crippen LogP contribution in [0.4, 0.5) is 0 Å². The predicted octanol–water partition coefficient (Wildman–Crippen LogP) is 0.693. The highest BCUT2D eigenvalue weighted by Crippen LogP contribution is 2.20. The van der Waals surface area contributed by atoms with Crippen LogP contribution < -0.4 is 5.73 Å². The summed E-state index contributed by atoms with van der Waals surface area (Å²) < 4.78 is 1.92. The van der Waals surface area contributed by atoms with Crippen molar-refractivity contribution < 1.29 is 5.21 Å². The van der Waals surface area contributed by atoms with Crippen molar-refractivity contribution in [3.05, 3.63) is 17.5 Å². The monoisotopic (exact) mass is 251 g/mol. The van der Waals surface area contributed by atoms with Gasteiger partial charge in [-0.05, 0) is 31.9 Å². The Morgan fingerprint density at radius 1 is 1.67 bits per heavy atom. The van der Waals surface area contributed by atoms with Gasteiger partial charge in [0.15, 0.2) is 5.84 Å². The summed E-state index contributed by atoms with van der Waals surface area (Å²) >= 11 is 0. The lowest BCUT2D eigenvalue weighted by Crippen LogP contribution is -2.40. The first-order chi connectivity index (χ1) is 8.65. The molecule has 18 heavy (non-hydrogen) atoms. The summed E-state index contributed by atoms with van der Waals surface area (Å²) in [4.78, 5) is 2.24. The molecule has 6 heteroatoms. The van der Waals surface area contributed by atoms with Crippen LogP contribution in [0.25, 0.3) is 0 Å². The van der Waals surface area contributed by atoms with Crippen molar-refractivity contribution in [3.63, 3.8) is 0 Å². The molecule has 2 heterocycles. The average Bonchev–Trinajstić information content (AvgIpc) is 2.96. The quantitative estimate of drug-likeness (QED) is 0.357. The van der Waals surface area contributed by atoms with E-state index in [4.69, 9.17) is 10.9 Å². The molecule has 1 atom stereocenters. The molecule has 1 aromatic heterocycles. The minimum absolute atomic E-state index is 0.0509. The van der Waals surface area contributed by atoms with Gasteiger partial charge in [-0.1, -0.05) is 12.1 Å². The molecular formula is C12H21N5O. The average molecular weight is 251 g/mol. The second-order valence-corrected chi connectivity index (χ2v) is 4.76. The van der Waals surface area contributed by atoms with Crippen molar-refractivity contribution in [3.8, 4) is 0 Å². The summed E-state index contributed by atoms with van der Waals surface area (Å²) in [5.41, 5.74) is 8.00. The third kappa shape index (κ3) is 2.48. The smallest absolute Gasteiger partial charge is 0.156 e. The van der Waals surface area contributed by atoms with E-state index in [1.807, 2.05) is 11.7 Å². The van der Waals surface area contributed by atoms with Gasteiger partial charge < -0.3 is 10.9 Å². The van der Waals surface area contributed by atoms with Gasteiger partial charge >= 0.3 is 0 Å². The van der Waals surface area contributed by atoms with Crippen molar-refractivity contribution >= 4 is 5.84 Å². The fraction of sp³-hybridized carbons (Fsp3) is 0.667. The molecule has 6 nitrogen and oxygen atoms in total. The number of nitrogens with zero attached hydrogens (tertiary/aromatic N) is 4. The molecule has 1 aliphatic rings. The summed E-state index contributed by atoms with van der Waals surface area (Å²) in [6, 6.07) is 2.18. The van der Waals surface area contributed by atoms with Crippen LogP contribution in [0.15, 0.2) is 11.2 Å². The van der Waals surface area contributed by atoms with Gasteiger partial charge in [0.05, 0.1) is 17.4 Å². The third-order valence-electron chi connectivity index (χ3n) is 3.58. The van der Waals surface area contributed by atoms with Crippen molar-refractivity contribution in [2.45, 2.75) is 38.8 Å². The Kier molecular flexibility index (Phi) is 3.86. The van der Waals surface area contributed by atoms with Gasteiger partial charge in [-0.25, -0.2) is 0 Å². The standard InChI is InChI=1S/C12H21N5O/c1-3-9-7-10(16(2)14-9)8-17-6-4-5-11(17)12(13)15-18/h7,11,18H,3-6,8H2,1-2H3,(H2,13,15). The topological polar surface area (TPSA) is 79.7 Å². The maximum atomic E-state index is 8.79. The minimum atomic E-state index is 0.0509. The third-order valence-corrected chi connectivity index (χ3v) is 3.58. The van der Waals surface area contributed by atoms with Crippen LogP contribution in [-0.2, 0) is 20.0 Å². The number of amidine groups is 1. The van der Waals surface area contributed by atoms with Gasteiger partial charge in [0, 0.05) is 13.6 Å². The number of oxime groups is 1. The highest BCUT2D eigenvalue weighted by atomic mass is 16.4. The number of hydrogen-bond donors (Lipinski definition) is 2. The second-order valence-electron chi connectivity index (χ2n) is 4.76. The summed E-state index contributed by atoms with van der Waals surface area (Å²) in [6.45, 7) is 3.87. The Morgan fingerprint density at radius 2 is 2.44 bits per heavy atom. The van der Waals surface area contributed by atoms with Gasteiger partial charge in [-0.3, -0.25) is 9.58 Å². The van der Waals surface area contributed by atoms with E-state index in [1.165, 1.54) is 5.69 Å². The summed E-state index contributed by atoms with van der Waals surface area (Å²) in [6.07, 6.45) is 2.98. The Hall–Kier alpha value is -1.56. The van der Waals surface area contributed by atoms with E-state index in [0.29, 0.717) is 5.84 Å². The molecule has 1 aromatic rings. The number of aryl methyl sites for hydroxylation is 2. The van der Waals surface area contributed by atoms with E-state index >= 15 is 0 Å². The molecule has 0 bridgehead atoms. The SMILES string of the molecule is CCc1cc(CN2CCCC2C(N)=NO)n(C)n1. The van der Waals surface area contributed by atoms with E-state index < -0.39 is 0 Å². The van der Waals surface area contributed by atoms with Crippen molar-refractivity contribution in [1.29, 1.82) is 0 Å².